The third kappa shape index (κ3) is 6.93. The second kappa shape index (κ2) is 12.9. The molecule has 0 radical (unpaired) electrons. The van der Waals surface area contributed by atoms with E-state index >= 15 is 0 Å². The Morgan fingerprint density at radius 2 is 1.50 bits per heavy atom. The summed E-state index contributed by atoms with van der Waals surface area (Å²) in [6, 6.07) is 26.3. The highest BCUT2D eigenvalue weighted by atomic mass is 35.5. The number of halogens is 1. The van der Waals surface area contributed by atoms with E-state index in [4.69, 9.17) is 15.0 Å². The molecule has 0 spiro atoms. The van der Waals surface area contributed by atoms with Crippen molar-refractivity contribution in [2.45, 2.75) is 25.2 Å². The second-order valence-electron chi connectivity index (χ2n) is 6.86. The van der Waals surface area contributed by atoms with Gasteiger partial charge < -0.3 is 4.74 Å². The van der Waals surface area contributed by atoms with Gasteiger partial charge in [0.05, 0.1) is 23.4 Å². The predicted octanol–water partition coefficient (Wildman–Crippen LogP) is 5.67. The number of aromatic nitrogens is 2. The van der Waals surface area contributed by atoms with Gasteiger partial charge in [-0.25, -0.2) is 18.2 Å². The fourth-order valence-corrected chi connectivity index (χ4v) is 3.77. The molecule has 180 valence electrons. The maximum absolute atomic E-state index is 11.6. The first-order valence-corrected chi connectivity index (χ1v) is 13.0. The van der Waals surface area contributed by atoms with Crippen LogP contribution in [0.4, 0.5) is 0 Å². The van der Waals surface area contributed by atoms with Crippen LogP contribution in [0.25, 0.3) is 16.9 Å². The molecule has 34 heavy (non-hydrogen) atoms. The third-order valence-electron chi connectivity index (χ3n) is 4.81. The highest BCUT2D eigenvalue weighted by Gasteiger charge is 2.14. The largest absolute Gasteiger partial charge is 0.497 e. The lowest BCUT2D eigenvalue weighted by atomic mass is 10.1. The van der Waals surface area contributed by atoms with Gasteiger partial charge in [-0.1, -0.05) is 44.2 Å². The van der Waals surface area contributed by atoms with E-state index in [1.54, 1.807) is 19.2 Å². The summed E-state index contributed by atoms with van der Waals surface area (Å²) in [4.78, 5) is 0.0680. The number of ether oxygens (including phenoxy) is 1. The molecule has 0 unspecified atom stereocenters. The van der Waals surface area contributed by atoms with Gasteiger partial charge in [0.15, 0.2) is 0 Å². The summed E-state index contributed by atoms with van der Waals surface area (Å²) >= 11 is 4.64. The number of sulfonamides is 1. The smallest absolute Gasteiger partial charge is 0.238 e. The number of nitrogens with two attached hydrogens (primary N) is 1. The summed E-state index contributed by atoms with van der Waals surface area (Å²) in [7, 11) is -2.11. The van der Waals surface area contributed by atoms with E-state index in [9.17, 15) is 8.42 Å². The minimum absolute atomic E-state index is 0.0680. The molecular formula is C26H30ClN3O3S. The third-order valence-corrected chi connectivity index (χ3v) is 5.74. The van der Waals surface area contributed by atoms with Crippen LogP contribution < -0.4 is 9.88 Å². The summed E-state index contributed by atoms with van der Waals surface area (Å²) in [5.74, 6) is 0.779. The van der Waals surface area contributed by atoms with Gasteiger partial charge >= 0.3 is 0 Å². The maximum atomic E-state index is 11.6. The number of hydrogen-bond acceptors (Lipinski definition) is 4. The molecule has 8 heteroatoms. The van der Waals surface area contributed by atoms with Crippen molar-refractivity contribution in [3.05, 3.63) is 96.2 Å². The molecule has 4 aromatic rings. The van der Waals surface area contributed by atoms with Crippen molar-refractivity contribution >= 4 is 21.6 Å². The van der Waals surface area contributed by atoms with Crippen molar-refractivity contribution in [1.82, 2.24) is 9.78 Å². The van der Waals surface area contributed by atoms with Crippen molar-refractivity contribution in [1.29, 1.82) is 0 Å². The van der Waals surface area contributed by atoms with Gasteiger partial charge in [-0.05, 0) is 60.2 Å². The fraction of sp³-hybridized carbons (Fsp3) is 0.192. The lowest BCUT2D eigenvalue weighted by Crippen LogP contribution is -2.12. The molecule has 2 N–H and O–H groups in total. The summed E-state index contributed by atoms with van der Waals surface area (Å²) in [5, 5.41) is 10.0. The molecule has 0 saturated carbocycles. The molecule has 3 aromatic carbocycles. The molecular weight excluding hydrogens is 470 g/mol. The zero-order valence-corrected chi connectivity index (χ0v) is 21.3. The van der Waals surface area contributed by atoms with Crippen LogP contribution in [-0.4, -0.2) is 31.7 Å². The van der Waals surface area contributed by atoms with Crippen molar-refractivity contribution in [3.63, 3.8) is 0 Å². The van der Waals surface area contributed by atoms with E-state index in [1.165, 1.54) is 18.5 Å². The lowest BCUT2D eigenvalue weighted by Gasteiger charge is -2.08. The first-order valence-electron chi connectivity index (χ1n) is 10.7. The summed E-state index contributed by atoms with van der Waals surface area (Å²) < 4.78 is 30.2. The first-order chi connectivity index (χ1) is 16.4. The number of nitrogens with zero attached hydrogens (tertiary/aromatic N) is 2. The summed E-state index contributed by atoms with van der Waals surface area (Å²) in [5.41, 5.74) is 4.67. The standard InChI is InChI=1S/C23H21N3O3S.C2H6.CH3Cl/c1-29-21-11-7-18(8-12-21)23-16-20(15-17-5-3-2-4-6-17)26(25-23)19-9-13-22(14-10-19)30(24,27)28;2*1-2/h2-14,16H,15H2,1H3,(H2,24,27,28);1-2H3;1H3. The number of primary sulfonamides is 1. The van der Waals surface area contributed by atoms with Crippen molar-refractivity contribution in [2.24, 2.45) is 5.14 Å². The van der Waals surface area contributed by atoms with E-state index < -0.39 is 10.0 Å². The molecule has 1 heterocycles. The second-order valence-corrected chi connectivity index (χ2v) is 8.42. The molecule has 0 aliphatic heterocycles. The zero-order valence-electron chi connectivity index (χ0n) is 19.8. The van der Waals surface area contributed by atoms with Crippen LogP contribution >= 0.6 is 11.6 Å². The van der Waals surface area contributed by atoms with Crippen LogP contribution in [0.5, 0.6) is 5.75 Å². The van der Waals surface area contributed by atoms with E-state index in [2.05, 4.69) is 23.7 Å². The molecule has 0 atom stereocenters. The molecule has 0 fully saturated rings. The minimum atomic E-state index is -3.75. The summed E-state index contributed by atoms with van der Waals surface area (Å²) in [6.45, 7) is 4.00. The van der Waals surface area contributed by atoms with E-state index in [-0.39, 0.29) is 4.90 Å². The summed E-state index contributed by atoms with van der Waals surface area (Å²) in [6.07, 6.45) is 2.15. The number of methoxy groups -OCH3 is 1. The number of benzene rings is 3. The Bertz CT molecular complexity index is 1260. The molecule has 4 rings (SSSR count). The highest BCUT2D eigenvalue weighted by Crippen LogP contribution is 2.25. The van der Waals surface area contributed by atoms with Crippen molar-refractivity contribution < 1.29 is 13.2 Å². The van der Waals surface area contributed by atoms with Gasteiger partial charge in [0, 0.05) is 24.1 Å². The molecule has 0 amide bonds. The van der Waals surface area contributed by atoms with Gasteiger partial charge in [-0.3, -0.25) is 0 Å². The quantitative estimate of drug-likeness (QED) is 0.346. The number of rotatable bonds is 6. The van der Waals surface area contributed by atoms with E-state index in [0.717, 1.165) is 34.0 Å². The highest BCUT2D eigenvalue weighted by molar-refractivity contribution is 7.89. The van der Waals surface area contributed by atoms with Crippen LogP contribution in [-0.2, 0) is 16.4 Å². The molecule has 0 aliphatic carbocycles. The molecule has 0 saturated heterocycles. The zero-order chi connectivity index (χ0) is 25.1. The van der Waals surface area contributed by atoms with E-state index in [0.29, 0.717) is 6.42 Å². The first kappa shape index (κ1) is 27.1. The van der Waals surface area contributed by atoms with E-state index in [1.807, 2.05) is 67.1 Å². The van der Waals surface area contributed by atoms with Crippen LogP contribution in [0.3, 0.4) is 0 Å². The van der Waals surface area contributed by atoms with Gasteiger partial charge in [0.2, 0.25) is 10.0 Å². The Morgan fingerprint density at radius 1 is 0.912 bits per heavy atom. The molecule has 0 bridgehead atoms. The van der Waals surface area contributed by atoms with Crippen molar-refractivity contribution in [3.8, 4) is 22.7 Å². The van der Waals surface area contributed by atoms with Crippen LogP contribution in [0, 0.1) is 0 Å². The van der Waals surface area contributed by atoms with Crippen molar-refractivity contribution in [2.75, 3.05) is 13.5 Å². The Labute approximate surface area is 207 Å². The average molecular weight is 500 g/mol. The molecule has 1 aromatic heterocycles. The number of alkyl halides is 1. The Morgan fingerprint density at radius 3 is 2.03 bits per heavy atom. The Balaban J connectivity index is 0.000000970. The average Bonchev–Trinajstić information content (AvgIpc) is 3.30. The van der Waals surface area contributed by atoms with Gasteiger partial charge in [-0.2, -0.15) is 5.10 Å². The lowest BCUT2D eigenvalue weighted by molar-refractivity contribution is 0.415. The maximum Gasteiger partial charge on any atom is 0.238 e. The minimum Gasteiger partial charge on any atom is -0.497 e. The molecule has 6 nitrogen and oxygen atoms in total. The van der Waals surface area contributed by atoms with Gasteiger partial charge in [0.25, 0.3) is 0 Å². The Kier molecular flexibility index (Phi) is 10.3. The van der Waals surface area contributed by atoms with Crippen LogP contribution in [0.15, 0.2) is 89.8 Å². The topological polar surface area (TPSA) is 87.2 Å². The van der Waals surface area contributed by atoms with Crippen LogP contribution in [0.2, 0.25) is 0 Å². The van der Waals surface area contributed by atoms with Gasteiger partial charge in [-0.15, -0.1) is 11.6 Å². The fourth-order valence-electron chi connectivity index (χ4n) is 3.25. The number of hydrogen-bond donors (Lipinski definition) is 1. The monoisotopic (exact) mass is 499 g/mol. The van der Waals surface area contributed by atoms with Gasteiger partial charge in [0.1, 0.15) is 5.75 Å². The SMILES string of the molecule is CC.CCl.COc1ccc(-c2cc(Cc3ccccc3)n(-c3ccc(S(N)(=O)=O)cc3)n2)cc1. The predicted molar refractivity (Wildman–Crippen MR) is 139 cm³/mol. The molecule has 0 aliphatic rings. The normalized spacial score (nSPS) is 10.4. The van der Waals surface area contributed by atoms with Crippen LogP contribution in [0.1, 0.15) is 25.1 Å². The Hall–Kier alpha value is -3.13.